The van der Waals surface area contributed by atoms with Crippen molar-refractivity contribution in [3.8, 4) is 44.6 Å². The van der Waals surface area contributed by atoms with Crippen LogP contribution in [-0.4, -0.2) is 58.6 Å². The molecule has 9 heteroatoms. The summed E-state index contributed by atoms with van der Waals surface area (Å²) in [5.41, 5.74) is 6.35. The Balaban J connectivity index is 1.21. The Kier molecular flexibility index (Phi) is 10.1. The molecule has 1 atom stereocenters. The van der Waals surface area contributed by atoms with Crippen LogP contribution < -0.4 is 10.1 Å². The predicted octanol–water partition coefficient (Wildman–Crippen LogP) is 8.10. The average Bonchev–Trinajstić information content (AvgIpc) is 3.71. The van der Waals surface area contributed by atoms with Gasteiger partial charge in [-0.05, 0) is 73.0 Å². The minimum Gasteiger partial charge on any atom is -0.493 e. The van der Waals surface area contributed by atoms with E-state index in [1.807, 2.05) is 60.9 Å². The van der Waals surface area contributed by atoms with Gasteiger partial charge in [-0.3, -0.25) is 4.90 Å². The van der Waals surface area contributed by atoms with Crippen molar-refractivity contribution < 1.29 is 9.84 Å². The molecule has 0 spiro atoms. The van der Waals surface area contributed by atoms with E-state index >= 15 is 0 Å². The highest BCUT2D eigenvalue weighted by Gasteiger charge is 2.23. The fraction of sp³-hybridized carbons (Fsp3) is 0.250. The maximum atomic E-state index is 10.2. The van der Waals surface area contributed by atoms with Crippen molar-refractivity contribution in [3.05, 3.63) is 96.7 Å². The molecule has 0 radical (unpaired) electrons. The van der Waals surface area contributed by atoms with Gasteiger partial charge >= 0.3 is 0 Å². The maximum absolute atomic E-state index is 10.2. The number of ether oxygens (including phenoxy) is 1. The summed E-state index contributed by atoms with van der Waals surface area (Å²) in [6.45, 7) is 2.81. The fourth-order valence-electron chi connectivity index (χ4n) is 5.79. The van der Waals surface area contributed by atoms with Crippen molar-refractivity contribution in [3.63, 3.8) is 0 Å². The number of hydrogen-bond acceptors (Lipinski definition) is 9. The Morgan fingerprint density at radius 3 is 2.69 bits per heavy atom. The third-order valence-corrected chi connectivity index (χ3v) is 10.3. The van der Waals surface area contributed by atoms with Crippen LogP contribution in [0.15, 0.2) is 95.3 Å². The molecule has 1 saturated heterocycles. The van der Waals surface area contributed by atoms with E-state index < -0.39 is 0 Å². The molecule has 3 aromatic carbocycles. The fourth-order valence-corrected chi connectivity index (χ4v) is 7.70. The quantitative estimate of drug-likeness (QED) is 0.105. The van der Waals surface area contributed by atoms with Gasteiger partial charge in [0.2, 0.25) is 5.95 Å². The Bertz CT molecular complexity index is 1790. The molecule has 0 amide bonds. The molecule has 2 aromatic heterocycles. The molecular weight excluding hydrogens is 599 g/mol. The van der Waals surface area contributed by atoms with Gasteiger partial charge in [-0.15, -0.1) is 23.1 Å². The number of benzene rings is 3. The van der Waals surface area contributed by atoms with Crippen LogP contribution in [0, 0.1) is 11.3 Å². The van der Waals surface area contributed by atoms with Crippen LogP contribution in [0.25, 0.3) is 32.8 Å². The van der Waals surface area contributed by atoms with Crippen LogP contribution >= 0.6 is 23.1 Å². The number of thiophene rings is 1. The van der Waals surface area contributed by atoms with Gasteiger partial charge in [0, 0.05) is 36.1 Å². The van der Waals surface area contributed by atoms with Crippen LogP contribution in [0.2, 0.25) is 0 Å². The van der Waals surface area contributed by atoms with Crippen molar-refractivity contribution in [2.75, 3.05) is 37.9 Å². The zero-order chi connectivity index (χ0) is 31.0. The van der Waals surface area contributed by atoms with E-state index in [9.17, 15) is 10.4 Å². The molecule has 0 saturated carbocycles. The van der Waals surface area contributed by atoms with Crippen LogP contribution in [0.5, 0.6) is 5.75 Å². The third kappa shape index (κ3) is 7.21. The third-order valence-electron chi connectivity index (χ3n) is 7.98. The van der Waals surface area contributed by atoms with E-state index in [1.165, 1.54) is 0 Å². The first-order chi connectivity index (χ1) is 22.2. The lowest BCUT2D eigenvalue weighted by Crippen LogP contribution is -2.33. The van der Waals surface area contributed by atoms with E-state index in [4.69, 9.17) is 9.72 Å². The van der Waals surface area contributed by atoms with Gasteiger partial charge in [-0.2, -0.15) is 5.26 Å². The Labute approximate surface area is 272 Å². The minimum atomic E-state index is 0.227. The van der Waals surface area contributed by atoms with Gasteiger partial charge in [-0.1, -0.05) is 54.6 Å². The predicted molar refractivity (Wildman–Crippen MR) is 184 cm³/mol. The molecule has 228 valence electrons. The summed E-state index contributed by atoms with van der Waals surface area (Å²) < 4.78 is 7.01. The number of rotatable bonds is 12. The monoisotopic (exact) mass is 633 g/mol. The second-order valence-electron chi connectivity index (χ2n) is 10.9. The van der Waals surface area contributed by atoms with Gasteiger partial charge < -0.3 is 15.2 Å². The van der Waals surface area contributed by atoms with E-state index in [2.05, 4.69) is 51.6 Å². The van der Waals surface area contributed by atoms with Gasteiger partial charge in [0.15, 0.2) is 0 Å². The highest BCUT2D eigenvalue weighted by atomic mass is 32.2. The number of thioether (sulfide) groups is 1. The van der Waals surface area contributed by atoms with Crippen LogP contribution in [0.3, 0.4) is 0 Å². The number of aromatic nitrogens is 2. The largest absolute Gasteiger partial charge is 0.493 e. The molecule has 2 N–H and O–H groups in total. The van der Waals surface area contributed by atoms with Crippen molar-refractivity contribution >= 4 is 34.7 Å². The number of nitrogens with zero attached hydrogens (tertiary/aromatic N) is 4. The molecule has 7 nitrogen and oxygen atoms in total. The van der Waals surface area contributed by atoms with E-state index in [0.29, 0.717) is 18.1 Å². The first-order valence-electron chi connectivity index (χ1n) is 15.1. The summed E-state index contributed by atoms with van der Waals surface area (Å²) in [5, 5.41) is 23.1. The smallest absolute Gasteiger partial charge is 0.227 e. The summed E-state index contributed by atoms with van der Waals surface area (Å²) in [6, 6.07) is 31.1. The second-order valence-corrected chi connectivity index (χ2v) is 13.0. The van der Waals surface area contributed by atoms with Crippen molar-refractivity contribution in [1.29, 1.82) is 5.26 Å². The van der Waals surface area contributed by atoms with Crippen molar-refractivity contribution in [2.24, 2.45) is 0 Å². The average molecular weight is 634 g/mol. The first kappa shape index (κ1) is 30.8. The molecule has 0 bridgehead atoms. The highest BCUT2D eigenvalue weighted by Crippen LogP contribution is 2.46. The molecule has 1 aliphatic heterocycles. The highest BCUT2D eigenvalue weighted by molar-refractivity contribution is 8.00. The number of hydrogen-bond donors (Lipinski definition) is 2. The zero-order valence-electron chi connectivity index (χ0n) is 25.1. The molecular formula is C36H35N5O2S2. The number of aliphatic hydroxyl groups is 1. The molecule has 1 aliphatic rings. The van der Waals surface area contributed by atoms with Gasteiger partial charge in [0.25, 0.3) is 0 Å². The van der Waals surface area contributed by atoms with Crippen LogP contribution in [0.1, 0.15) is 24.8 Å². The number of nitriles is 1. The van der Waals surface area contributed by atoms with Gasteiger partial charge in [0.1, 0.15) is 11.8 Å². The summed E-state index contributed by atoms with van der Waals surface area (Å²) in [6.07, 6.45) is 6.87. The number of likely N-dealkylation sites (tertiary alicyclic amines) is 1. The lowest BCUT2D eigenvalue weighted by molar-refractivity contribution is 0.150. The van der Waals surface area contributed by atoms with Gasteiger partial charge in [-0.25, -0.2) is 9.97 Å². The van der Waals surface area contributed by atoms with Crippen molar-refractivity contribution in [1.82, 2.24) is 14.9 Å². The SMILES string of the molecule is CSc1sc(-c2ccnc(Nc3cccc(OCCCN4CCC[C@H]4CO)c3)n2)c(-c2cccc(-c3ccccc3)c2)c1C#N. The van der Waals surface area contributed by atoms with Crippen LogP contribution in [-0.2, 0) is 0 Å². The first-order valence-corrected chi connectivity index (χ1v) is 17.2. The Hall–Kier alpha value is -4.20. The maximum Gasteiger partial charge on any atom is 0.227 e. The van der Waals surface area contributed by atoms with Gasteiger partial charge in [0.05, 0.1) is 33.6 Å². The zero-order valence-corrected chi connectivity index (χ0v) is 26.8. The van der Waals surface area contributed by atoms with E-state index in [0.717, 1.165) is 80.8 Å². The molecule has 3 heterocycles. The molecule has 0 unspecified atom stereocenters. The summed E-state index contributed by atoms with van der Waals surface area (Å²) >= 11 is 3.16. The Morgan fingerprint density at radius 1 is 1.04 bits per heavy atom. The Morgan fingerprint density at radius 2 is 1.87 bits per heavy atom. The summed E-state index contributed by atoms with van der Waals surface area (Å²) in [7, 11) is 0. The molecule has 45 heavy (non-hydrogen) atoms. The lowest BCUT2D eigenvalue weighted by Gasteiger charge is -2.22. The summed E-state index contributed by atoms with van der Waals surface area (Å²) in [4.78, 5) is 12.7. The van der Waals surface area contributed by atoms with E-state index in [-0.39, 0.29) is 12.6 Å². The standard InChI is InChI=1S/C36H35N5O2S2/c1-44-35-31(23-37)33(27-12-5-11-26(21-27)25-9-3-2-4-10-25)34(45-35)32-16-17-38-36(40-32)39-28-13-6-15-30(22-28)43-20-8-19-41-18-7-14-29(41)24-42/h2-6,9-13,15-17,21-22,29,42H,7-8,14,18-20,24H2,1H3,(H,38,39,40)/t29-/m0/s1. The van der Waals surface area contributed by atoms with Crippen LogP contribution in [0.4, 0.5) is 11.6 Å². The number of nitrogens with one attached hydrogen (secondary N) is 1. The molecule has 1 fully saturated rings. The van der Waals surface area contributed by atoms with E-state index in [1.54, 1.807) is 29.3 Å². The topological polar surface area (TPSA) is 94.3 Å². The summed E-state index contributed by atoms with van der Waals surface area (Å²) in [5.74, 6) is 1.24. The lowest BCUT2D eigenvalue weighted by atomic mass is 9.96. The normalized spacial score (nSPS) is 14.7. The molecule has 0 aliphatic carbocycles. The van der Waals surface area contributed by atoms with Crippen molar-refractivity contribution in [2.45, 2.75) is 29.5 Å². The second kappa shape index (κ2) is 14.7. The molecule has 5 aromatic rings. The minimum absolute atomic E-state index is 0.227. The molecule has 6 rings (SSSR count). The number of aliphatic hydroxyl groups excluding tert-OH is 1. The number of anilines is 2.